The normalized spacial score (nSPS) is 21.3. The minimum absolute atomic E-state index is 0.0710. The standard InChI is InChI=1S/C14H18BrNO/c15-12-4-3-11(8-14(16)5-6-14)7-13(12)17-9-10-1-2-10/h3-4,7,10H,1-2,5-6,8-9,16H2. The van der Waals surface area contributed by atoms with E-state index < -0.39 is 0 Å². The van der Waals surface area contributed by atoms with E-state index in [0.717, 1.165) is 42.0 Å². The lowest BCUT2D eigenvalue weighted by Crippen LogP contribution is -2.24. The van der Waals surface area contributed by atoms with Gasteiger partial charge in [-0.05, 0) is 71.6 Å². The first kappa shape index (κ1) is 11.5. The van der Waals surface area contributed by atoms with Gasteiger partial charge in [-0.25, -0.2) is 0 Å². The molecule has 0 aromatic heterocycles. The Morgan fingerprint density at radius 3 is 2.76 bits per heavy atom. The third-order valence-electron chi connectivity index (χ3n) is 3.62. The van der Waals surface area contributed by atoms with Crippen molar-refractivity contribution < 1.29 is 4.74 Å². The molecule has 1 aromatic carbocycles. The fourth-order valence-electron chi connectivity index (χ4n) is 2.00. The minimum Gasteiger partial charge on any atom is -0.492 e. The van der Waals surface area contributed by atoms with Crippen molar-refractivity contribution in [3.8, 4) is 5.75 Å². The van der Waals surface area contributed by atoms with Crippen LogP contribution in [0.1, 0.15) is 31.2 Å². The van der Waals surface area contributed by atoms with Gasteiger partial charge in [-0.15, -0.1) is 0 Å². The monoisotopic (exact) mass is 295 g/mol. The van der Waals surface area contributed by atoms with Gasteiger partial charge in [0.25, 0.3) is 0 Å². The predicted molar refractivity (Wildman–Crippen MR) is 72.2 cm³/mol. The number of ether oxygens (including phenoxy) is 1. The lowest BCUT2D eigenvalue weighted by molar-refractivity contribution is 0.297. The molecule has 2 saturated carbocycles. The summed E-state index contributed by atoms with van der Waals surface area (Å²) in [6.45, 7) is 0.857. The highest BCUT2D eigenvalue weighted by molar-refractivity contribution is 9.10. The lowest BCUT2D eigenvalue weighted by atomic mass is 10.1. The van der Waals surface area contributed by atoms with Gasteiger partial charge in [0.15, 0.2) is 0 Å². The fourth-order valence-corrected chi connectivity index (χ4v) is 2.37. The second-order valence-electron chi connectivity index (χ2n) is 5.56. The largest absolute Gasteiger partial charge is 0.492 e. The van der Waals surface area contributed by atoms with E-state index in [1.165, 1.54) is 18.4 Å². The van der Waals surface area contributed by atoms with Crippen LogP contribution in [-0.4, -0.2) is 12.1 Å². The number of hydrogen-bond acceptors (Lipinski definition) is 2. The van der Waals surface area contributed by atoms with E-state index in [0.29, 0.717) is 0 Å². The van der Waals surface area contributed by atoms with E-state index in [1.54, 1.807) is 0 Å². The van der Waals surface area contributed by atoms with Crippen molar-refractivity contribution in [1.29, 1.82) is 0 Å². The van der Waals surface area contributed by atoms with Crippen molar-refractivity contribution in [2.24, 2.45) is 11.7 Å². The Hall–Kier alpha value is -0.540. The molecule has 2 fully saturated rings. The molecule has 0 unspecified atom stereocenters. The molecule has 2 aliphatic rings. The van der Waals surface area contributed by atoms with Crippen molar-refractivity contribution in [1.82, 2.24) is 0 Å². The molecule has 0 bridgehead atoms. The molecule has 1 aromatic rings. The highest BCUT2D eigenvalue weighted by Crippen LogP contribution is 2.37. The van der Waals surface area contributed by atoms with Gasteiger partial charge in [0.2, 0.25) is 0 Å². The summed E-state index contributed by atoms with van der Waals surface area (Å²) in [5.74, 6) is 1.76. The van der Waals surface area contributed by atoms with Crippen LogP contribution in [0.15, 0.2) is 22.7 Å². The quantitative estimate of drug-likeness (QED) is 0.905. The van der Waals surface area contributed by atoms with Crippen LogP contribution in [-0.2, 0) is 6.42 Å². The van der Waals surface area contributed by atoms with Gasteiger partial charge in [0.1, 0.15) is 5.75 Å². The van der Waals surface area contributed by atoms with Gasteiger partial charge < -0.3 is 10.5 Å². The summed E-state index contributed by atoms with van der Waals surface area (Å²) in [7, 11) is 0. The fraction of sp³-hybridized carbons (Fsp3) is 0.571. The molecule has 3 rings (SSSR count). The van der Waals surface area contributed by atoms with Crippen LogP contribution in [0, 0.1) is 5.92 Å². The molecule has 17 heavy (non-hydrogen) atoms. The highest BCUT2D eigenvalue weighted by Gasteiger charge is 2.38. The van der Waals surface area contributed by atoms with Gasteiger partial charge in [0.05, 0.1) is 11.1 Å². The maximum absolute atomic E-state index is 6.15. The van der Waals surface area contributed by atoms with Crippen LogP contribution in [0.3, 0.4) is 0 Å². The zero-order chi connectivity index (χ0) is 11.9. The second-order valence-corrected chi connectivity index (χ2v) is 6.41. The molecule has 2 aliphatic carbocycles. The SMILES string of the molecule is NC1(Cc2ccc(Br)c(OCC3CC3)c2)CC1. The molecule has 3 heteroatoms. The van der Waals surface area contributed by atoms with Gasteiger partial charge >= 0.3 is 0 Å². The van der Waals surface area contributed by atoms with Crippen molar-refractivity contribution in [2.75, 3.05) is 6.61 Å². The van der Waals surface area contributed by atoms with Gasteiger partial charge in [-0.3, -0.25) is 0 Å². The van der Waals surface area contributed by atoms with E-state index in [-0.39, 0.29) is 5.54 Å². The summed E-state index contributed by atoms with van der Waals surface area (Å²) in [6.07, 6.45) is 5.93. The Morgan fingerprint density at radius 2 is 2.12 bits per heavy atom. The minimum atomic E-state index is 0.0710. The van der Waals surface area contributed by atoms with E-state index in [9.17, 15) is 0 Å². The summed E-state index contributed by atoms with van der Waals surface area (Å²) in [6, 6.07) is 6.35. The number of halogens is 1. The molecule has 0 atom stereocenters. The Balaban J connectivity index is 1.69. The summed E-state index contributed by atoms with van der Waals surface area (Å²) in [5.41, 5.74) is 7.51. The number of rotatable bonds is 5. The molecule has 0 saturated heterocycles. The van der Waals surface area contributed by atoms with Crippen molar-refractivity contribution in [3.63, 3.8) is 0 Å². The average Bonchev–Trinajstić information content (AvgIpc) is 3.18. The topological polar surface area (TPSA) is 35.2 Å². The second kappa shape index (κ2) is 4.29. The van der Waals surface area contributed by atoms with Crippen LogP contribution in [0.2, 0.25) is 0 Å². The molecule has 0 heterocycles. The molecular weight excluding hydrogens is 278 g/mol. The lowest BCUT2D eigenvalue weighted by Gasteiger charge is -2.12. The summed E-state index contributed by atoms with van der Waals surface area (Å²) in [4.78, 5) is 0. The zero-order valence-electron chi connectivity index (χ0n) is 9.92. The predicted octanol–water partition coefficient (Wildman–Crippen LogP) is 3.27. The summed E-state index contributed by atoms with van der Waals surface area (Å²) < 4.78 is 6.89. The van der Waals surface area contributed by atoms with Gasteiger partial charge in [0, 0.05) is 5.54 Å². The zero-order valence-corrected chi connectivity index (χ0v) is 11.5. The maximum atomic E-state index is 6.15. The first-order valence-corrected chi connectivity index (χ1v) is 7.14. The molecule has 0 amide bonds. The highest BCUT2D eigenvalue weighted by atomic mass is 79.9. The van der Waals surface area contributed by atoms with Crippen LogP contribution < -0.4 is 10.5 Å². The first-order chi connectivity index (χ1) is 8.15. The van der Waals surface area contributed by atoms with Crippen molar-refractivity contribution in [2.45, 2.75) is 37.6 Å². The number of nitrogens with two attached hydrogens (primary N) is 1. The average molecular weight is 296 g/mol. The molecular formula is C14H18BrNO. The number of hydrogen-bond donors (Lipinski definition) is 1. The van der Waals surface area contributed by atoms with E-state index in [1.807, 2.05) is 0 Å². The third-order valence-corrected chi connectivity index (χ3v) is 4.27. The van der Waals surface area contributed by atoms with E-state index in [2.05, 4.69) is 34.1 Å². The maximum Gasteiger partial charge on any atom is 0.133 e. The molecule has 2 N–H and O–H groups in total. The number of benzene rings is 1. The molecule has 92 valence electrons. The smallest absolute Gasteiger partial charge is 0.133 e. The van der Waals surface area contributed by atoms with Crippen LogP contribution in [0.4, 0.5) is 0 Å². The van der Waals surface area contributed by atoms with E-state index in [4.69, 9.17) is 10.5 Å². The van der Waals surface area contributed by atoms with Crippen molar-refractivity contribution >= 4 is 15.9 Å². The van der Waals surface area contributed by atoms with Crippen molar-refractivity contribution in [3.05, 3.63) is 28.2 Å². The van der Waals surface area contributed by atoms with E-state index >= 15 is 0 Å². The molecule has 0 radical (unpaired) electrons. The molecule has 0 spiro atoms. The van der Waals surface area contributed by atoms with Gasteiger partial charge in [-0.2, -0.15) is 0 Å². The summed E-state index contributed by atoms with van der Waals surface area (Å²) in [5, 5.41) is 0. The van der Waals surface area contributed by atoms with Gasteiger partial charge in [-0.1, -0.05) is 6.07 Å². The van der Waals surface area contributed by atoms with Crippen LogP contribution in [0.5, 0.6) is 5.75 Å². The Bertz CT molecular complexity index is 424. The molecule has 2 nitrogen and oxygen atoms in total. The summed E-state index contributed by atoms with van der Waals surface area (Å²) >= 11 is 3.54. The van der Waals surface area contributed by atoms with Crippen LogP contribution in [0.25, 0.3) is 0 Å². The Kier molecular flexibility index (Phi) is 2.91. The van der Waals surface area contributed by atoms with Crippen LogP contribution >= 0.6 is 15.9 Å². The first-order valence-electron chi connectivity index (χ1n) is 6.35. The Morgan fingerprint density at radius 1 is 1.35 bits per heavy atom. The Labute approximate surface area is 111 Å². The third kappa shape index (κ3) is 3.02. The molecule has 0 aliphatic heterocycles.